The van der Waals surface area contributed by atoms with Crippen molar-refractivity contribution in [1.29, 1.82) is 0 Å². The van der Waals surface area contributed by atoms with Gasteiger partial charge in [0, 0.05) is 37.7 Å². The number of hydrogen-bond acceptors (Lipinski definition) is 5. The first kappa shape index (κ1) is 20.8. The number of nitrogens with one attached hydrogen (secondary N) is 1. The number of hydrogen-bond donors (Lipinski definition) is 1. The van der Waals surface area contributed by atoms with Crippen LogP contribution in [0.15, 0.2) is 24.3 Å². The number of aryl methyl sites for hydroxylation is 1. The number of aromatic nitrogens is 1. The summed E-state index contributed by atoms with van der Waals surface area (Å²) >= 11 is 1.54. The number of carbonyl (C=O) groups excluding carboxylic acids is 1. The fraction of sp³-hybridized carbons (Fsp3) is 0.545. The molecule has 1 aliphatic heterocycles. The number of para-hydroxylation sites is 1. The maximum atomic E-state index is 12.7. The van der Waals surface area contributed by atoms with Gasteiger partial charge in [-0.25, -0.2) is 4.98 Å². The molecule has 5 nitrogen and oxygen atoms in total. The predicted octanol–water partition coefficient (Wildman–Crippen LogP) is 4.05. The summed E-state index contributed by atoms with van der Waals surface area (Å²) in [6, 6.07) is 8.41. The average molecular weight is 402 g/mol. The molecule has 1 aromatic carbocycles. The van der Waals surface area contributed by atoms with E-state index in [-0.39, 0.29) is 11.9 Å². The molecule has 6 heteroatoms. The third-order valence-corrected chi connectivity index (χ3v) is 6.32. The van der Waals surface area contributed by atoms with Crippen molar-refractivity contribution in [2.24, 2.45) is 5.92 Å². The number of likely N-dealkylation sites (tertiary alicyclic amines) is 1. The van der Waals surface area contributed by atoms with Crippen LogP contribution in [0.25, 0.3) is 0 Å². The summed E-state index contributed by atoms with van der Waals surface area (Å²) in [7, 11) is 1.72. The zero-order valence-electron chi connectivity index (χ0n) is 17.3. The lowest BCUT2D eigenvalue weighted by Gasteiger charge is -2.32. The Kier molecular flexibility index (Phi) is 7.08. The van der Waals surface area contributed by atoms with Crippen LogP contribution in [-0.4, -0.2) is 42.0 Å². The van der Waals surface area contributed by atoms with E-state index in [4.69, 9.17) is 4.74 Å². The van der Waals surface area contributed by atoms with Crippen LogP contribution in [0.4, 0.5) is 0 Å². The van der Waals surface area contributed by atoms with Crippen molar-refractivity contribution in [2.45, 2.75) is 52.6 Å². The molecule has 1 N–H and O–H groups in total. The zero-order valence-corrected chi connectivity index (χ0v) is 18.1. The molecular weight excluding hydrogens is 370 g/mol. The third kappa shape index (κ3) is 5.32. The molecule has 0 saturated carbocycles. The van der Waals surface area contributed by atoms with Crippen molar-refractivity contribution in [2.75, 3.05) is 20.2 Å². The highest BCUT2D eigenvalue weighted by Crippen LogP contribution is 2.23. The van der Waals surface area contributed by atoms with Gasteiger partial charge in [0.2, 0.25) is 0 Å². The van der Waals surface area contributed by atoms with Crippen molar-refractivity contribution >= 4 is 17.2 Å². The Morgan fingerprint density at radius 2 is 2.04 bits per heavy atom. The smallest absolute Gasteiger partial charge is 0.263 e. The highest BCUT2D eigenvalue weighted by Gasteiger charge is 2.24. The van der Waals surface area contributed by atoms with Crippen LogP contribution in [-0.2, 0) is 13.0 Å². The molecule has 1 amide bonds. The van der Waals surface area contributed by atoms with Crippen LogP contribution in [0, 0.1) is 12.8 Å². The van der Waals surface area contributed by atoms with Gasteiger partial charge in [0.05, 0.1) is 17.8 Å². The summed E-state index contributed by atoms with van der Waals surface area (Å²) in [5, 5.41) is 4.29. The highest BCUT2D eigenvalue weighted by atomic mass is 32.1. The Balaban J connectivity index is 1.51. The van der Waals surface area contributed by atoms with Gasteiger partial charge in [0.15, 0.2) is 0 Å². The summed E-state index contributed by atoms with van der Waals surface area (Å²) < 4.78 is 5.46. The minimum Gasteiger partial charge on any atom is -0.496 e. The molecule has 28 heavy (non-hydrogen) atoms. The van der Waals surface area contributed by atoms with Gasteiger partial charge >= 0.3 is 0 Å². The highest BCUT2D eigenvalue weighted by molar-refractivity contribution is 7.13. The van der Waals surface area contributed by atoms with Gasteiger partial charge in [-0.3, -0.25) is 9.69 Å². The van der Waals surface area contributed by atoms with Crippen molar-refractivity contribution < 1.29 is 9.53 Å². The fourth-order valence-corrected chi connectivity index (χ4v) is 4.84. The first-order chi connectivity index (χ1) is 13.5. The maximum Gasteiger partial charge on any atom is 0.263 e. The number of rotatable bonds is 7. The van der Waals surface area contributed by atoms with Crippen LogP contribution >= 0.6 is 11.3 Å². The molecule has 3 rings (SSSR count). The largest absolute Gasteiger partial charge is 0.496 e. The van der Waals surface area contributed by atoms with E-state index in [1.165, 1.54) is 5.56 Å². The standard InChI is InChI=1S/C22H31N3O2S/c1-15(2)13-20-23-16(3)21(28-20)22(26)24-18-9-11-25(12-10-18)14-17-7-5-6-8-19(17)27-4/h5-8,15,18H,9-14H2,1-4H3,(H,24,26). The minimum atomic E-state index is 0.0354. The number of benzene rings is 1. The molecular formula is C22H31N3O2S. The molecule has 0 aliphatic carbocycles. The van der Waals surface area contributed by atoms with Gasteiger partial charge in [-0.2, -0.15) is 0 Å². The van der Waals surface area contributed by atoms with E-state index in [0.717, 1.165) is 60.2 Å². The topological polar surface area (TPSA) is 54.5 Å². The monoisotopic (exact) mass is 401 g/mol. The Morgan fingerprint density at radius 3 is 2.71 bits per heavy atom. The molecule has 1 aromatic heterocycles. The molecule has 0 radical (unpaired) electrons. The van der Waals surface area contributed by atoms with Gasteiger partial charge in [-0.1, -0.05) is 32.0 Å². The number of amides is 1. The maximum absolute atomic E-state index is 12.7. The molecule has 0 unspecified atom stereocenters. The number of ether oxygens (including phenoxy) is 1. The van der Waals surface area contributed by atoms with Crippen LogP contribution in [0.2, 0.25) is 0 Å². The van der Waals surface area contributed by atoms with Gasteiger partial charge in [-0.15, -0.1) is 11.3 Å². The third-order valence-electron chi connectivity index (χ3n) is 5.14. The van der Waals surface area contributed by atoms with E-state index in [1.807, 2.05) is 19.1 Å². The first-order valence-electron chi connectivity index (χ1n) is 10.1. The number of carbonyl (C=O) groups is 1. The lowest BCUT2D eigenvalue weighted by Crippen LogP contribution is -2.44. The summed E-state index contributed by atoms with van der Waals surface area (Å²) in [5.41, 5.74) is 2.07. The number of methoxy groups -OCH3 is 1. The quantitative estimate of drug-likeness (QED) is 0.760. The molecule has 0 spiro atoms. The van der Waals surface area contributed by atoms with E-state index in [2.05, 4.69) is 41.2 Å². The van der Waals surface area contributed by atoms with Gasteiger partial charge in [0.25, 0.3) is 5.91 Å². The summed E-state index contributed by atoms with van der Waals surface area (Å²) in [5.74, 6) is 1.53. The number of thiazole rings is 1. The Bertz CT molecular complexity index is 795. The molecule has 0 atom stereocenters. The van der Waals surface area contributed by atoms with Crippen molar-refractivity contribution in [1.82, 2.24) is 15.2 Å². The number of nitrogens with zero attached hydrogens (tertiary/aromatic N) is 2. The second kappa shape index (κ2) is 9.52. The van der Waals surface area contributed by atoms with Gasteiger partial charge < -0.3 is 10.1 Å². The molecule has 2 heterocycles. The normalized spacial score (nSPS) is 15.8. The Hall–Kier alpha value is -1.92. The minimum absolute atomic E-state index is 0.0354. The fourth-order valence-electron chi connectivity index (χ4n) is 3.66. The van der Waals surface area contributed by atoms with Crippen LogP contribution in [0.5, 0.6) is 5.75 Å². The molecule has 1 fully saturated rings. The van der Waals surface area contributed by atoms with Crippen molar-refractivity contribution in [3.05, 3.63) is 45.4 Å². The number of piperidine rings is 1. The summed E-state index contributed by atoms with van der Waals surface area (Å²) in [4.78, 5) is 20.5. The van der Waals surface area contributed by atoms with Crippen LogP contribution in [0.1, 0.15) is 52.6 Å². The van der Waals surface area contributed by atoms with Crippen LogP contribution < -0.4 is 10.1 Å². The second-order valence-corrected chi connectivity index (χ2v) is 9.04. The van der Waals surface area contributed by atoms with E-state index in [0.29, 0.717) is 5.92 Å². The Morgan fingerprint density at radius 1 is 1.32 bits per heavy atom. The lowest BCUT2D eigenvalue weighted by atomic mass is 10.0. The predicted molar refractivity (Wildman–Crippen MR) is 114 cm³/mol. The molecule has 2 aromatic rings. The SMILES string of the molecule is COc1ccccc1CN1CCC(NC(=O)c2sc(CC(C)C)nc2C)CC1. The van der Waals surface area contributed by atoms with E-state index in [9.17, 15) is 4.79 Å². The van der Waals surface area contributed by atoms with Crippen molar-refractivity contribution in [3.8, 4) is 5.75 Å². The average Bonchev–Trinajstić information content (AvgIpc) is 3.03. The molecule has 152 valence electrons. The molecule has 1 saturated heterocycles. The summed E-state index contributed by atoms with van der Waals surface area (Å²) in [6.07, 6.45) is 2.87. The van der Waals surface area contributed by atoms with E-state index < -0.39 is 0 Å². The van der Waals surface area contributed by atoms with Gasteiger partial charge in [0.1, 0.15) is 10.6 Å². The van der Waals surface area contributed by atoms with E-state index in [1.54, 1.807) is 18.4 Å². The first-order valence-corrected chi connectivity index (χ1v) is 10.9. The lowest BCUT2D eigenvalue weighted by molar-refractivity contribution is 0.0912. The zero-order chi connectivity index (χ0) is 20.1. The second-order valence-electron chi connectivity index (χ2n) is 7.96. The molecule has 0 bridgehead atoms. The van der Waals surface area contributed by atoms with Gasteiger partial charge in [-0.05, 0) is 31.7 Å². The summed E-state index contributed by atoms with van der Waals surface area (Å²) in [6.45, 7) is 9.12. The Labute approximate surface area is 172 Å². The van der Waals surface area contributed by atoms with Crippen LogP contribution in [0.3, 0.4) is 0 Å². The van der Waals surface area contributed by atoms with E-state index >= 15 is 0 Å². The molecule has 1 aliphatic rings. The van der Waals surface area contributed by atoms with Crippen molar-refractivity contribution in [3.63, 3.8) is 0 Å².